The molecule has 1 heterocycles. The third-order valence-corrected chi connectivity index (χ3v) is 4.69. The van der Waals surface area contributed by atoms with E-state index in [9.17, 15) is 14.7 Å². The van der Waals surface area contributed by atoms with Crippen molar-refractivity contribution in [3.63, 3.8) is 0 Å². The van der Waals surface area contributed by atoms with Crippen molar-refractivity contribution in [3.8, 4) is 0 Å². The van der Waals surface area contributed by atoms with E-state index in [1.807, 2.05) is 18.4 Å². The second kappa shape index (κ2) is 6.19. The maximum absolute atomic E-state index is 12.2. The predicted octanol–water partition coefficient (Wildman–Crippen LogP) is 2.68. The smallest absolute Gasteiger partial charge is 0.308 e. The Labute approximate surface area is 116 Å². The fourth-order valence-corrected chi connectivity index (χ4v) is 3.54. The summed E-state index contributed by atoms with van der Waals surface area (Å²) in [6.07, 6.45) is 4.16. The largest absolute Gasteiger partial charge is 0.481 e. The summed E-state index contributed by atoms with van der Waals surface area (Å²) in [6, 6.07) is 1.72. The number of carbonyl (C=O) groups excluding carboxylic acids is 1. The van der Waals surface area contributed by atoms with Gasteiger partial charge in [0.15, 0.2) is 0 Å². The van der Waals surface area contributed by atoms with Gasteiger partial charge in [0.05, 0.1) is 10.8 Å². The van der Waals surface area contributed by atoms with Crippen molar-refractivity contribution in [3.05, 3.63) is 21.9 Å². The van der Waals surface area contributed by atoms with Gasteiger partial charge in [0.2, 0.25) is 0 Å². The number of aryl methyl sites for hydroxylation is 1. The van der Waals surface area contributed by atoms with Crippen LogP contribution in [0.15, 0.2) is 11.4 Å². The number of hydrogen-bond acceptors (Lipinski definition) is 3. The van der Waals surface area contributed by atoms with Crippen molar-refractivity contribution in [2.24, 2.45) is 5.92 Å². The van der Waals surface area contributed by atoms with Crippen LogP contribution in [-0.4, -0.2) is 23.0 Å². The molecule has 1 amide bonds. The lowest BCUT2D eigenvalue weighted by atomic mass is 9.84. The van der Waals surface area contributed by atoms with E-state index in [4.69, 9.17) is 0 Å². The lowest BCUT2D eigenvalue weighted by molar-refractivity contribution is -0.143. The summed E-state index contributed by atoms with van der Waals surface area (Å²) in [6.45, 7) is 2.01. The average molecular weight is 281 g/mol. The maximum atomic E-state index is 12.2. The molecule has 5 heteroatoms. The van der Waals surface area contributed by atoms with E-state index >= 15 is 0 Å². The summed E-state index contributed by atoms with van der Waals surface area (Å²) in [7, 11) is 0. The molecule has 104 valence electrons. The van der Waals surface area contributed by atoms with Crippen molar-refractivity contribution in [1.29, 1.82) is 0 Å². The van der Waals surface area contributed by atoms with Crippen LogP contribution in [-0.2, 0) is 11.2 Å². The van der Waals surface area contributed by atoms with Crippen molar-refractivity contribution >= 4 is 23.2 Å². The van der Waals surface area contributed by atoms with Gasteiger partial charge in [-0.25, -0.2) is 0 Å². The van der Waals surface area contributed by atoms with Gasteiger partial charge in [-0.1, -0.05) is 19.8 Å². The molecule has 1 saturated carbocycles. The van der Waals surface area contributed by atoms with Crippen LogP contribution < -0.4 is 5.32 Å². The zero-order valence-electron chi connectivity index (χ0n) is 11.0. The minimum absolute atomic E-state index is 0.120. The summed E-state index contributed by atoms with van der Waals surface area (Å²) < 4.78 is 0. The van der Waals surface area contributed by atoms with Crippen molar-refractivity contribution in [2.45, 2.75) is 45.1 Å². The van der Waals surface area contributed by atoms with E-state index in [1.165, 1.54) is 11.3 Å². The normalized spacial score (nSPS) is 23.0. The lowest BCUT2D eigenvalue weighted by Gasteiger charge is -2.29. The summed E-state index contributed by atoms with van der Waals surface area (Å²) in [5, 5.41) is 14.0. The minimum atomic E-state index is -0.799. The van der Waals surface area contributed by atoms with Gasteiger partial charge in [0.25, 0.3) is 5.91 Å². The highest BCUT2D eigenvalue weighted by Crippen LogP contribution is 2.26. The molecule has 1 aromatic rings. The molecule has 2 rings (SSSR count). The Morgan fingerprint density at radius 1 is 1.42 bits per heavy atom. The van der Waals surface area contributed by atoms with Gasteiger partial charge in [-0.2, -0.15) is 0 Å². The third-order valence-electron chi connectivity index (χ3n) is 3.73. The maximum Gasteiger partial charge on any atom is 0.308 e. The second-order valence-corrected chi connectivity index (χ2v) is 5.85. The standard InChI is InChI=1S/C14H19NO3S/c1-2-9-7-8-19-12(9)13(16)15-11-6-4-3-5-10(11)14(17)18/h7-8,10-11H,2-6H2,1H3,(H,15,16)(H,17,18)/t10-,11-/m1/s1. The van der Waals surface area contributed by atoms with Gasteiger partial charge in [0, 0.05) is 6.04 Å². The molecule has 0 aromatic carbocycles. The zero-order valence-corrected chi connectivity index (χ0v) is 11.8. The highest BCUT2D eigenvalue weighted by Gasteiger charge is 2.32. The van der Waals surface area contributed by atoms with Crippen molar-refractivity contribution in [1.82, 2.24) is 5.32 Å². The molecular weight excluding hydrogens is 262 g/mol. The van der Waals surface area contributed by atoms with Gasteiger partial charge in [-0.05, 0) is 36.3 Å². The molecule has 0 aliphatic heterocycles. The van der Waals surface area contributed by atoms with Crippen LogP contribution in [0.2, 0.25) is 0 Å². The first-order valence-electron chi connectivity index (χ1n) is 6.73. The van der Waals surface area contributed by atoms with Crippen molar-refractivity contribution in [2.75, 3.05) is 0 Å². The lowest BCUT2D eigenvalue weighted by Crippen LogP contribution is -2.45. The number of carboxylic acid groups (broad SMARTS) is 1. The number of amides is 1. The van der Waals surface area contributed by atoms with Gasteiger partial charge >= 0.3 is 5.97 Å². The molecule has 1 aliphatic rings. The summed E-state index contributed by atoms with van der Waals surface area (Å²) in [5.41, 5.74) is 1.03. The highest BCUT2D eigenvalue weighted by molar-refractivity contribution is 7.12. The number of carbonyl (C=O) groups is 2. The molecule has 19 heavy (non-hydrogen) atoms. The van der Waals surface area contributed by atoms with E-state index in [0.717, 1.165) is 36.1 Å². The molecule has 1 aliphatic carbocycles. The molecule has 0 unspecified atom stereocenters. The second-order valence-electron chi connectivity index (χ2n) is 4.94. The zero-order chi connectivity index (χ0) is 13.8. The van der Waals surface area contributed by atoms with Crippen LogP contribution >= 0.6 is 11.3 Å². The minimum Gasteiger partial charge on any atom is -0.481 e. The third kappa shape index (κ3) is 3.15. The number of thiophene rings is 1. The van der Waals surface area contributed by atoms with E-state index in [-0.39, 0.29) is 11.9 Å². The number of hydrogen-bond donors (Lipinski definition) is 2. The van der Waals surface area contributed by atoms with Crippen LogP contribution in [0.3, 0.4) is 0 Å². The summed E-state index contributed by atoms with van der Waals surface area (Å²) >= 11 is 1.42. The Hall–Kier alpha value is -1.36. The summed E-state index contributed by atoms with van der Waals surface area (Å²) in [4.78, 5) is 24.2. The molecule has 0 radical (unpaired) electrons. The Morgan fingerprint density at radius 2 is 2.16 bits per heavy atom. The fraction of sp³-hybridized carbons (Fsp3) is 0.571. The Kier molecular flexibility index (Phi) is 4.58. The first kappa shape index (κ1) is 14.1. The molecule has 0 saturated heterocycles. The first-order chi connectivity index (χ1) is 9.13. The fourth-order valence-electron chi connectivity index (χ4n) is 2.65. The molecular formula is C14H19NO3S. The van der Waals surface area contributed by atoms with Crippen molar-refractivity contribution < 1.29 is 14.7 Å². The topological polar surface area (TPSA) is 66.4 Å². The van der Waals surface area contributed by atoms with Crippen LogP contribution in [0.5, 0.6) is 0 Å². The molecule has 1 fully saturated rings. The highest BCUT2D eigenvalue weighted by atomic mass is 32.1. The Balaban J connectivity index is 2.07. The molecule has 0 bridgehead atoms. The Morgan fingerprint density at radius 3 is 2.84 bits per heavy atom. The Bertz CT molecular complexity index is 469. The van der Waals surface area contributed by atoms with E-state index in [0.29, 0.717) is 6.42 Å². The monoisotopic (exact) mass is 281 g/mol. The quantitative estimate of drug-likeness (QED) is 0.891. The van der Waals surface area contributed by atoms with E-state index in [2.05, 4.69) is 5.32 Å². The van der Waals surface area contributed by atoms with Crippen LogP contribution in [0.25, 0.3) is 0 Å². The first-order valence-corrected chi connectivity index (χ1v) is 7.61. The number of carboxylic acids is 1. The van der Waals surface area contributed by atoms with Gasteiger partial charge in [-0.15, -0.1) is 11.3 Å². The van der Waals surface area contributed by atoms with E-state index < -0.39 is 11.9 Å². The number of rotatable bonds is 4. The predicted molar refractivity (Wildman–Crippen MR) is 74.5 cm³/mol. The number of aliphatic carboxylic acids is 1. The SMILES string of the molecule is CCc1ccsc1C(=O)N[C@@H]1CCCC[C@H]1C(=O)O. The molecule has 1 aromatic heterocycles. The van der Waals surface area contributed by atoms with E-state index in [1.54, 1.807) is 0 Å². The van der Waals surface area contributed by atoms with Crippen LogP contribution in [0, 0.1) is 5.92 Å². The summed E-state index contributed by atoms with van der Waals surface area (Å²) in [5.74, 6) is -1.36. The number of nitrogens with one attached hydrogen (secondary N) is 1. The van der Waals surface area contributed by atoms with Gasteiger partial charge < -0.3 is 10.4 Å². The molecule has 4 nitrogen and oxygen atoms in total. The van der Waals surface area contributed by atoms with Crippen LogP contribution in [0.4, 0.5) is 0 Å². The van der Waals surface area contributed by atoms with Crippen LogP contribution in [0.1, 0.15) is 47.8 Å². The molecule has 2 N–H and O–H groups in total. The molecule has 0 spiro atoms. The molecule has 2 atom stereocenters. The van der Waals surface area contributed by atoms with Gasteiger partial charge in [-0.3, -0.25) is 9.59 Å². The van der Waals surface area contributed by atoms with Gasteiger partial charge in [0.1, 0.15) is 0 Å². The average Bonchev–Trinajstić information content (AvgIpc) is 2.87.